The van der Waals surface area contributed by atoms with Crippen molar-refractivity contribution >= 4 is 12.1 Å². The zero-order valence-electron chi connectivity index (χ0n) is 12.2. The zero-order valence-corrected chi connectivity index (χ0v) is 12.2. The topological polar surface area (TPSA) is 64.6 Å². The van der Waals surface area contributed by atoms with E-state index in [0.717, 1.165) is 6.42 Å². The predicted octanol–water partition coefficient (Wildman–Crippen LogP) is 2.49. The molecule has 0 aliphatic rings. The minimum Gasteiger partial charge on any atom is -0.464 e. The van der Waals surface area contributed by atoms with E-state index in [1.807, 2.05) is 13.8 Å². The van der Waals surface area contributed by atoms with Crippen molar-refractivity contribution in [2.75, 3.05) is 6.61 Å². The van der Waals surface area contributed by atoms with Crippen molar-refractivity contribution in [1.82, 2.24) is 5.32 Å². The normalized spacial score (nSPS) is 14.6. The number of rotatable bonds is 5. The lowest BCUT2D eigenvalue weighted by atomic mass is 9.99. The Hall–Kier alpha value is -1.26. The van der Waals surface area contributed by atoms with E-state index in [4.69, 9.17) is 9.47 Å². The van der Waals surface area contributed by atoms with Crippen molar-refractivity contribution in [2.24, 2.45) is 5.92 Å². The standard InChI is InChI=1S/C13H25NO4/c1-7-9(3)10(11(15)17-8-2)14-12(16)18-13(4,5)6/h9-10H,7-8H2,1-6H3,(H,14,16). The fourth-order valence-corrected chi connectivity index (χ4v) is 1.34. The van der Waals surface area contributed by atoms with Crippen LogP contribution < -0.4 is 5.32 Å². The second kappa shape index (κ2) is 7.24. The molecule has 2 atom stereocenters. The first kappa shape index (κ1) is 16.7. The summed E-state index contributed by atoms with van der Waals surface area (Å²) in [5.41, 5.74) is -0.585. The lowest BCUT2D eigenvalue weighted by molar-refractivity contribution is -0.147. The molecule has 1 N–H and O–H groups in total. The number of ether oxygens (including phenoxy) is 2. The van der Waals surface area contributed by atoms with Crippen LogP contribution in [0.25, 0.3) is 0 Å². The van der Waals surface area contributed by atoms with Crippen molar-refractivity contribution in [2.45, 2.75) is 59.6 Å². The lowest BCUT2D eigenvalue weighted by Gasteiger charge is -2.25. The molecule has 2 unspecified atom stereocenters. The Morgan fingerprint density at radius 1 is 1.22 bits per heavy atom. The highest BCUT2D eigenvalue weighted by atomic mass is 16.6. The average Bonchev–Trinajstić information content (AvgIpc) is 2.22. The van der Waals surface area contributed by atoms with Gasteiger partial charge in [-0.1, -0.05) is 20.3 Å². The van der Waals surface area contributed by atoms with Gasteiger partial charge >= 0.3 is 12.1 Å². The van der Waals surface area contributed by atoms with E-state index in [1.54, 1.807) is 27.7 Å². The molecule has 0 aliphatic heterocycles. The molecule has 0 saturated heterocycles. The molecule has 0 radical (unpaired) electrons. The molecular formula is C13H25NO4. The molecule has 5 heteroatoms. The van der Waals surface area contributed by atoms with Gasteiger partial charge in [0.15, 0.2) is 0 Å². The molecule has 0 spiro atoms. The van der Waals surface area contributed by atoms with E-state index in [-0.39, 0.29) is 5.92 Å². The quantitative estimate of drug-likeness (QED) is 0.770. The first-order valence-electron chi connectivity index (χ1n) is 6.37. The van der Waals surface area contributed by atoms with Crippen LogP contribution in [0.5, 0.6) is 0 Å². The van der Waals surface area contributed by atoms with Gasteiger partial charge in [0, 0.05) is 0 Å². The molecule has 0 rings (SSSR count). The van der Waals surface area contributed by atoms with Crippen LogP contribution in [-0.4, -0.2) is 30.3 Å². The molecule has 0 fully saturated rings. The zero-order chi connectivity index (χ0) is 14.3. The molecule has 0 aromatic heterocycles. The molecule has 5 nitrogen and oxygen atoms in total. The van der Waals surface area contributed by atoms with Crippen molar-refractivity contribution in [1.29, 1.82) is 0 Å². The summed E-state index contributed by atoms with van der Waals surface area (Å²) >= 11 is 0. The molecule has 0 aliphatic carbocycles. The van der Waals surface area contributed by atoms with Gasteiger partial charge < -0.3 is 14.8 Å². The molecule has 0 saturated carbocycles. The monoisotopic (exact) mass is 259 g/mol. The van der Waals surface area contributed by atoms with Crippen molar-refractivity contribution < 1.29 is 19.1 Å². The van der Waals surface area contributed by atoms with Crippen LogP contribution in [0, 0.1) is 5.92 Å². The van der Waals surface area contributed by atoms with Crippen LogP contribution in [0.3, 0.4) is 0 Å². The van der Waals surface area contributed by atoms with Crippen LogP contribution >= 0.6 is 0 Å². The SMILES string of the molecule is CCOC(=O)C(NC(=O)OC(C)(C)C)C(C)CC. The summed E-state index contributed by atoms with van der Waals surface area (Å²) in [6.45, 7) is 11.2. The summed E-state index contributed by atoms with van der Waals surface area (Å²) in [5, 5.41) is 2.57. The third kappa shape index (κ3) is 6.47. The first-order valence-corrected chi connectivity index (χ1v) is 6.37. The summed E-state index contributed by atoms with van der Waals surface area (Å²) < 4.78 is 10.1. The van der Waals surface area contributed by atoms with Crippen LogP contribution in [0.2, 0.25) is 0 Å². The first-order chi connectivity index (χ1) is 8.21. The van der Waals surface area contributed by atoms with Gasteiger partial charge in [-0.05, 0) is 33.6 Å². The van der Waals surface area contributed by atoms with Crippen LogP contribution in [0.1, 0.15) is 48.0 Å². The number of nitrogens with one attached hydrogen (secondary N) is 1. The Morgan fingerprint density at radius 3 is 2.17 bits per heavy atom. The molecule has 0 heterocycles. The van der Waals surface area contributed by atoms with Gasteiger partial charge in [-0.3, -0.25) is 0 Å². The molecule has 1 amide bonds. The smallest absolute Gasteiger partial charge is 0.408 e. The maximum atomic E-state index is 11.8. The summed E-state index contributed by atoms with van der Waals surface area (Å²) in [6, 6.07) is -0.662. The van der Waals surface area contributed by atoms with Crippen molar-refractivity contribution in [3.05, 3.63) is 0 Å². The highest BCUT2D eigenvalue weighted by Gasteiger charge is 2.29. The largest absolute Gasteiger partial charge is 0.464 e. The second-order valence-corrected chi connectivity index (χ2v) is 5.26. The maximum Gasteiger partial charge on any atom is 0.408 e. The molecule has 0 aromatic carbocycles. The van der Waals surface area contributed by atoms with Gasteiger partial charge in [0.25, 0.3) is 0 Å². The summed E-state index contributed by atoms with van der Waals surface area (Å²) in [5.74, 6) is -0.422. The third-order valence-electron chi connectivity index (χ3n) is 2.43. The third-order valence-corrected chi connectivity index (χ3v) is 2.43. The summed E-state index contributed by atoms with van der Waals surface area (Å²) in [6.07, 6.45) is 0.167. The van der Waals surface area contributed by atoms with Gasteiger partial charge in [0.1, 0.15) is 11.6 Å². The number of hydrogen-bond donors (Lipinski definition) is 1. The summed E-state index contributed by atoms with van der Waals surface area (Å²) in [4.78, 5) is 23.4. The lowest BCUT2D eigenvalue weighted by Crippen LogP contribution is -2.47. The fraction of sp³-hybridized carbons (Fsp3) is 0.846. The fourth-order valence-electron chi connectivity index (χ4n) is 1.34. The number of carbonyl (C=O) groups is 2. The molecule has 106 valence electrons. The molecule has 0 aromatic rings. The predicted molar refractivity (Wildman–Crippen MR) is 69.2 cm³/mol. The van der Waals surface area contributed by atoms with E-state index in [9.17, 15) is 9.59 Å². The van der Waals surface area contributed by atoms with Gasteiger partial charge in [-0.2, -0.15) is 0 Å². The van der Waals surface area contributed by atoms with E-state index >= 15 is 0 Å². The van der Waals surface area contributed by atoms with Crippen LogP contribution in [-0.2, 0) is 14.3 Å². The van der Waals surface area contributed by atoms with E-state index in [2.05, 4.69) is 5.32 Å². The Balaban J connectivity index is 4.59. The molecule has 0 bridgehead atoms. The number of hydrogen-bond acceptors (Lipinski definition) is 4. The summed E-state index contributed by atoms with van der Waals surface area (Å²) in [7, 11) is 0. The number of alkyl carbamates (subject to hydrolysis) is 1. The van der Waals surface area contributed by atoms with E-state index in [0.29, 0.717) is 6.61 Å². The van der Waals surface area contributed by atoms with Gasteiger partial charge in [-0.25, -0.2) is 9.59 Å². The Morgan fingerprint density at radius 2 is 1.78 bits per heavy atom. The number of carbonyl (C=O) groups excluding carboxylic acids is 2. The minimum atomic E-state index is -0.662. The van der Waals surface area contributed by atoms with Crippen LogP contribution in [0.4, 0.5) is 4.79 Å². The van der Waals surface area contributed by atoms with Gasteiger partial charge in [-0.15, -0.1) is 0 Å². The van der Waals surface area contributed by atoms with Gasteiger partial charge in [0.2, 0.25) is 0 Å². The number of amides is 1. The Kier molecular flexibility index (Phi) is 6.73. The minimum absolute atomic E-state index is 0.00318. The highest BCUT2D eigenvalue weighted by molar-refractivity contribution is 5.81. The molecular weight excluding hydrogens is 234 g/mol. The number of esters is 1. The highest BCUT2D eigenvalue weighted by Crippen LogP contribution is 2.12. The van der Waals surface area contributed by atoms with Gasteiger partial charge in [0.05, 0.1) is 6.61 Å². The van der Waals surface area contributed by atoms with Crippen LogP contribution in [0.15, 0.2) is 0 Å². The van der Waals surface area contributed by atoms with Crippen molar-refractivity contribution in [3.63, 3.8) is 0 Å². The average molecular weight is 259 g/mol. The second-order valence-electron chi connectivity index (χ2n) is 5.26. The van der Waals surface area contributed by atoms with Crippen molar-refractivity contribution in [3.8, 4) is 0 Å². The Labute approximate surface area is 109 Å². The van der Waals surface area contributed by atoms with E-state index in [1.165, 1.54) is 0 Å². The molecule has 18 heavy (non-hydrogen) atoms. The van der Waals surface area contributed by atoms with E-state index < -0.39 is 23.7 Å². The Bertz CT molecular complexity index is 283. The maximum absolute atomic E-state index is 11.8.